The molecule has 1 aliphatic carbocycles. The number of aliphatic hydroxyl groups is 1. The molecule has 0 atom stereocenters. The Hall–Kier alpha value is -1.72. The molecule has 0 spiro atoms. The molecule has 0 fully saturated rings. The summed E-state index contributed by atoms with van der Waals surface area (Å²) in [7, 11) is -3.06. The van der Waals surface area contributed by atoms with Crippen LogP contribution in [-0.4, -0.2) is 12.6 Å². The Morgan fingerprint density at radius 3 is 2.48 bits per heavy atom. The molecule has 108 valence electrons. The summed E-state index contributed by atoms with van der Waals surface area (Å²) >= 11 is 11.7. The minimum atomic E-state index is -3.06. The summed E-state index contributed by atoms with van der Waals surface area (Å²) in [6.45, 7) is 0. The van der Waals surface area contributed by atoms with E-state index in [1.807, 2.05) is 24.3 Å². The van der Waals surface area contributed by atoms with Crippen molar-refractivity contribution < 1.29 is 18.4 Å². The third-order valence-corrected chi connectivity index (χ3v) is 3.11. The molecule has 0 radical (unpaired) electrons. The van der Waals surface area contributed by atoms with Gasteiger partial charge in [0, 0.05) is 5.02 Å². The van der Waals surface area contributed by atoms with Crippen molar-refractivity contribution in [1.82, 2.24) is 0 Å². The van der Waals surface area contributed by atoms with E-state index in [9.17, 15) is 13.7 Å². The van der Waals surface area contributed by atoms with Crippen molar-refractivity contribution in [2.75, 3.05) is 0 Å². The van der Waals surface area contributed by atoms with Crippen molar-refractivity contribution >= 4 is 36.4 Å². The second-order valence-electron chi connectivity index (χ2n) is 4.08. The van der Waals surface area contributed by atoms with Crippen LogP contribution in [0.1, 0.15) is 5.56 Å². The predicted molar refractivity (Wildman–Crippen MR) is 82.0 cm³/mol. The molecule has 0 saturated heterocycles. The lowest BCUT2D eigenvalue weighted by molar-refractivity contribution is 0.422. The van der Waals surface area contributed by atoms with Crippen LogP contribution in [0.15, 0.2) is 54.2 Å². The molecule has 1 aliphatic rings. The normalized spacial score (nSPS) is 13.7. The number of hydrogen-bond acceptors (Lipinski definition) is 2. The molecule has 7 heteroatoms. The van der Waals surface area contributed by atoms with Crippen LogP contribution in [0.4, 0.5) is 8.63 Å². The standard InChI is InChI=1S/C14H9BCl2F2O2/c16-10-7-11(14(12(17)8-10)21-15(18)19)13(20)6-5-9-3-1-2-4-9/h1-8,20H/b13-6-. The van der Waals surface area contributed by atoms with Crippen molar-refractivity contribution in [2.24, 2.45) is 0 Å². The molecule has 0 heterocycles. The van der Waals surface area contributed by atoms with E-state index in [0.29, 0.717) is 0 Å². The molecule has 1 aromatic carbocycles. The lowest BCUT2D eigenvalue weighted by Crippen LogP contribution is -2.10. The highest BCUT2D eigenvalue weighted by atomic mass is 35.5. The lowest BCUT2D eigenvalue weighted by atomic mass is 10.1. The molecular weight excluding hydrogens is 320 g/mol. The summed E-state index contributed by atoms with van der Waals surface area (Å²) in [6, 6.07) is 2.56. The molecule has 0 aromatic heterocycles. The number of hydrogen-bond donors (Lipinski definition) is 1. The van der Waals surface area contributed by atoms with E-state index in [1.165, 1.54) is 18.2 Å². The highest BCUT2D eigenvalue weighted by molar-refractivity contribution is 6.38. The number of benzene rings is 1. The highest BCUT2D eigenvalue weighted by Gasteiger charge is 2.23. The third-order valence-electron chi connectivity index (χ3n) is 2.61. The van der Waals surface area contributed by atoms with E-state index >= 15 is 0 Å². The van der Waals surface area contributed by atoms with E-state index in [4.69, 9.17) is 23.2 Å². The van der Waals surface area contributed by atoms with E-state index in [1.54, 1.807) is 6.08 Å². The van der Waals surface area contributed by atoms with Gasteiger partial charge < -0.3 is 9.76 Å². The first-order valence-electron chi connectivity index (χ1n) is 5.87. The zero-order valence-electron chi connectivity index (χ0n) is 10.6. The first kappa shape index (κ1) is 15.7. The Balaban J connectivity index is 2.41. The molecule has 1 aromatic rings. The van der Waals surface area contributed by atoms with Crippen LogP contribution >= 0.6 is 23.2 Å². The predicted octanol–water partition coefficient (Wildman–Crippen LogP) is 5.25. The van der Waals surface area contributed by atoms with Gasteiger partial charge in [-0.2, -0.15) is 0 Å². The van der Waals surface area contributed by atoms with Gasteiger partial charge in [0.15, 0.2) is 0 Å². The molecule has 2 nitrogen and oxygen atoms in total. The topological polar surface area (TPSA) is 29.5 Å². The minimum absolute atomic E-state index is 0.00407. The van der Waals surface area contributed by atoms with Gasteiger partial charge >= 0.3 is 7.47 Å². The minimum Gasteiger partial charge on any atom is -0.507 e. The maximum absolute atomic E-state index is 12.4. The van der Waals surface area contributed by atoms with Crippen LogP contribution in [0, 0.1) is 0 Å². The summed E-state index contributed by atoms with van der Waals surface area (Å²) in [5.74, 6) is -0.600. The van der Waals surface area contributed by atoms with Gasteiger partial charge in [-0.3, -0.25) is 0 Å². The second-order valence-corrected chi connectivity index (χ2v) is 4.92. The SMILES string of the molecule is O/C(=C\C=C1C=CC=C1)c1cc(Cl)cc(Cl)c1OB(F)F. The van der Waals surface area contributed by atoms with E-state index in [0.717, 1.165) is 5.57 Å². The maximum atomic E-state index is 12.4. The molecule has 0 aliphatic heterocycles. The Labute approximate surface area is 130 Å². The molecule has 2 rings (SSSR count). The van der Waals surface area contributed by atoms with Crippen LogP contribution in [0.25, 0.3) is 5.76 Å². The van der Waals surface area contributed by atoms with Gasteiger partial charge in [-0.05, 0) is 23.8 Å². The Morgan fingerprint density at radius 2 is 1.86 bits per heavy atom. The third kappa shape index (κ3) is 4.13. The van der Waals surface area contributed by atoms with Crippen LogP contribution in [0.5, 0.6) is 5.75 Å². The van der Waals surface area contributed by atoms with Crippen LogP contribution < -0.4 is 4.65 Å². The number of rotatable bonds is 4. The van der Waals surface area contributed by atoms with E-state index in [2.05, 4.69) is 4.65 Å². The molecule has 1 N–H and O–H groups in total. The van der Waals surface area contributed by atoms with Crippen LogP contribution in [0.2, 0.25) is 10.0 Å². The fraction of sp³-hybridized carbons (Fsp3) is 0. The number of allylic oxidation sites excluding steroid dienone is 7. The van der Waals surface area contributed by atoms with E-state index < -0.39 is 7.47 Å². The van der Waals surface area contributed by atoms with Crippen molar-refractivity contribution in [3.63, 3.8) is 0 Å². The van der Waals surface area contributed by atoms with Crippen molar-refractivity contribution in [2.45, 2.75) is 0 Å². The molecule has 0 saturated carbocycles. The zero-order valence-corrected chi connectivity index (χ0v) is 12.1. The monoisotopic (exact) mass is 328 g/mol. The number of aliphatic hydroxyl groups excluding tert-OH is 1. The maximum Gasteiger partial charge on any atom is 0.796 e. The Kier molecular flexibility index (Phi) is 5.10. The quantitative estimate of drug-likeness (QED) is 0.604. The Morgan fingerprint density at radius 1 is 1.19 bits per heavy atom. The first-order valence-corrected chi connectivity index (χ1v) is 6.63. The van der Waals surface area contributed by atoms with Gasteiger partial charge in [-0.25, -0.2) is 8.63 Å². The summed E-state index contributed by atoms with van der Waals surface area (Å²) in [6.07, 6.45) is 10.3. The average molecular weight is 329 g/mol. The number of halogens is 4. The Bertz CT molecular complexity index is 653. The zero-order chi connectivity index (χ0) is 15.4. The molecular formula is C14H9BCl2F2O2. The van der Waals surface area contributed by atoms with Crippen molar-refractivity contribution in [3.8, 4) is 5.75 Å². The summed E-state index contributed by atoms with van der Waals surface area (Å²) < 4.78 is 29.2. The molecule has 0 amide bonds. The van der Waals surface area contributed by atoms with Gasteiger partial charge in [-0.15, -0.1) is 0 Å². The summed E-state index contributed by atoms with van der Waals surface area (Å²) in [5.41, 5.74) is 0.849. The van der Waals surface area contributed by atoms with Gasteiger partial charge in [0.2, 0.25) is 0 Å². The van der Waals surface area contributed by atoms with Gasteiger partial charge in [0.1, 0.15) is 11.5 Å². The van der Waals surface area contributed by atoms with Gasteiger partial charge in [0.25, 0.3) is 0 Å². The molecule has 0 bridgehead atoms. The van der Waals surface area contributed by atoms with Gasteiger partial charge in [0.05, 0.1) is 10.6 Å². The fourth-order valence-electron chi connectivity index (χ4n) is 1.72. The largest absolute Gasteiger partial charge is 0.796 e. The summed E-state index contributed by atoms with van der Waals surface area (Å²) in [5, 5.41) is 10.1. The molecule has 0 unspecified atom stereocenters. The highest BCUT2D eigenvalue weighted by Crippen LogP contribution is 2.36. The van der Waals surface area contributed by atoms with Crippen LogP contribution in [-0.2, 0) is 0 Å². The first-order chi connectivity index (χ1) is 9.97. The summed E-state index contributed by atoms with van der Waals surface area (Å²) in [4.78, 5) is 0. The molecule has 21 heavy (non-hydrogen) atoms. The van der Waals surface area contributed by atoms with E-state index in [-0.39, 0.29) is 27.1 Å². The second kappa shape index (κ2) is 6.83. The lowest BCUT2D eigenvalue weighted by Gasteiger charge is -2.11. The van der Waals surface area contributed by atoms with Crippen molar-refractivity contribution in [3.05, 3.63) is 69.8 Å². The smallest absolute Gasteiger partial charge is 0.507 e. The van der Waals surface area contributed by atoms with Crippen LogP contribution in [0.3, 0.4) is 0 Å². The van der Waals surface area contributed by atoms with Crippen molar-refractivity contribution in [1.29, 1.82) is 0 Å². The van der Waals surface area contributed by atoms with Gasteiger partial charge in [-0.1, -0.05) is 53.6 Å². The average Bonchev–Trinajstić information content (AvgIpc) is 2.91. The fourth-order valence-corrected chi connectivity index (χ4v) is 2.26.